The average molecular weight is 351 g/mol. The van der Waals surface area contributed by atoms with E-state index >= 15 is 0 Å². The molecule has 2 aromatic carbocycles. The van der Waals surface area contributed by atoms with E-state index in [2.05, 4.69) is 21.2 Å². The number of nitriles is 1. The summed E-state index contributed by atoms with van der Waals surface area (Å²) in [6.07, 6.45) is 0. The molecule has 0 saturated carbocycles. The van der Waals surface area contributed by atoms with Crippen molar-refractivity contribution < 1.29 is 13.6 Å². The van der Waals surface area contributed by atoms with Crippen LogP contribution in [0.1, 0.15) is 21.5 Å². The Bertz CT molecular complexity index is 700. The van der Waals surface area contributed by atoms with Crippen LogP contribution in [0.4, 0.5) is 8.78 Å². The Balaban J connectivity index is 2.10. The molecular formula is C15H9BrF2N2O. The number of hydrogen-bond donors (Lipinski definition) is 1. The number of carbonyl (C=O) groups is 1. The monoisotopic (exact) mass is 350 g/mol. The second-order valence-corrected chi connectivity index (χ2v) is 5.15. The first-order chi connectivity index (χ1) is 10.0. The van der Waals surface area contributed by atoms with Crippen LogP contribution in [0.3, 0.4) is 0 Å². The largest absolute Gasteiger partial charge is 0.348 e. The van der Waals surface area contributed by atoms with Crippen molar-refractivity contribution in [3.63, 3.8) is 0 Å². The molecule has 0 aromatic heterocycles. The molecule has 6 heteroatoms. The molecular weight excluding hydrogens is 342 g/mol. The zero-order valence-corrected chi connectivity index (χ0v) is 12.2. The lowest BCUT2D eigenvalue weighted by molar-refractivity contribution is 0.0942. The van der Waals surface area contributed by atoms with Crippen LogP contribution in [0, 0.1) is 23.0 Å². The second-order valence-electron chi connectivity index (χ2n) is 4.24. The molecule has 0 fully saturated rings. The summed E-state index contributed by atoms with van der Waals surface area (Å²) in [6.45, 7) is 0.111. The third-order valence-electron chi connectivity index (χ3n) is 2.77. The molecule has 106 valence electrons. The number of nitrogens with zero attached hydrogens (tertiary/aromatic N) is 1. The van der Waals surface area contributed by atoms with E-state index in [1.807, 2.05) is 6.07 Å². The van der Waals surface area contributed by atoms with Crippen molar-refractivity contribution in [2.45, 2.75) is 6.54 Å². The van der Waals surface area contributed by atoms with Crippen LogP contribution in [0.2, 0.25) is 0 Å². The summed E-state index contributed by atoms with van der Waals surface area (Å²) in [6, 6.07) is 10.5. The van der Waals surface area contributed by atoms with Gasteiger partial charge in [0.05, 0.1) is 11.6 Å². The van der Waals surface area contributed by atoms with Crippen LogP contribution < -0.4 is 5.32 Å². The number of benzene rings is 2. The lowest BCUT2D eigenvalue weighted by Crippen LogP contribution is -2.25. The minimum Gasteiger partial charge on any atom is -0.348 e. The van der Waals surface area contributed by atoms with E-state index in [9.17, 15) is 13.6 Å². The summed E-state index contributed by atoms with van der Waals surface area (Å²) in [5.74, 6) is -2.69. The van der Waals surface area contributed by atoms with Crippen molar-refractivity contribution in [2.24, 2.45) is 0 Å². The number of halogens is 3. The molecule has 1 N–H and O–H groups in total. The van der Waals surface area contributed by atoms with Gasteiger partial charge < -0.3 is 5.32 Å². The highest BCUT2D eigenvalue weighted by atomic mass is 79.9. The van der Waals surface area contributed by atoms with E-state index in [0.29, 0.717) is 5.56 Å². The van der Waals surface area contributed by atoms with Gasteiger partial charge >= 0.3 is 0 Å². The molecule has 0 bridgehead atoms. The van der Waals surface area contributed by atoms with Crippen LogP contribution in [0.25, 0.3) is 0 Å². The van der Waals surface area contributed by atoms with Gasteiger partial charge in [0.15, 0.2) is 0 Å². The Kier molecular flexibility index (Phi) is 4.66. The number of hydrogen-bond acceptors (Lipinski definition) is 2. The van der Waals surface area contributed by atoms with Crippen LogP contribution in [0.5, 0.6) is 0 Å². The van der Waals surface area contributed by atoms with Crippen molar-refractivity contribution >= 4 is 21.8 Å². The van der Waals surface area contributed by atoms with E-state index in [4.69, 9.17) is 5.26 Å². The van der Waals surface area contributed by atoms with E-state index in [1.54, 1.807) is 24.3 Å². The Morgan fingerprint density at radius 3 is 2.29 bits per heavy atom. The topological polar surface area (TPSA) is 52.9 Å². The van der Waals surface area contributed by atoms with Crippen molar-refractivity contribution in [3.8, 4) is 6.07 Å². The van der Waals surface area contributed by atoms with Crippen LogP contribution in [0.15, 0.2) is 40.9 Å². The fourth-order valence-electron chi connectivity index (χ4n) is 1.73. The maximum absolute atomic E-state index is 13.6. The van der Waals surface area contributed by atoms with Gasteiger partial charge in [-0.15, -0.1) is 0 Å². The number of carbonyl (C=O) groups excluding carboxylic acids is 1. The third kappa shape index (κ3) is 3.64. The van der Waals surface area contributed by atoms with Gasteiger partial charge in [0.25, 0.3) is 5.91 Å². The molecule has 0 saturated heterocycles. The van der Waals surface area contributed by atoms with Gasteiger partial charge in [0, 0.05) is 11.0 Å². The minimum absolute atomic E-state index is 0.111. The Hall–Kier alpha value is -2.26. The average Bonchev–Trinajstić information content (AvgIpc) is 2.44. The summed E-state index contributed by atoms with van der Waals surface area (Å²) < 4.78 is 27.5. The SMILES string of the molecule is N#Cc1ccc(CNC(=O)c2c(F)cc(Br)cc2F)cc1. The summed E-state index contributed by atoms with van der Waals surface area (Å²) in [5.41, 5.74) is 0.599. The van der Waals surface area contributed by atoms with Crippen molar-refractivity contribution in [1.29, 1.82) is 5.26 Å². The molecule has 0 aliphatic heterocycles. The van der Waals surface area contributed by atoms with Crippen LogP contribution in [-0.4, -0.2) is 5.91 Å². The van der Waals surface area contributed by atoms with E-state index < -0.39 is 23.1 Å². The smallest absolute Gasteiger partial charge is 0.257 e. The van der Waals surface area contributed by atoms with Crippen LogP contribution in [-0.2, 0) is 6.54 Å². The molecule has 3 nitrogen and oxygen atoms in total. The number of rotatable bonds is 3. The van der Waals surface area contributed by atoms with Gasteiger partial charge in [-0.05, 0) is 29.8 Å². The molecule has 21 heavy (non-hydrogen) atoms. The Morgan fingerprint density at radius 1 is 1.19 bits per heavy atom. The first-order valence-corrected chi connectivity index (χ1v) is 6.72. The van der Waals surface area contributed by atoms with Gasteiger partial charge in [0.1, 0.15) is 17.2 Å². The maximum atomic E-state index is 13.6. The van der Waals surface area contributed by atoms with Gasteiger partial charge in [-0.25, -0.2) is 8.78 Å². The zero-order chi connectivity index (χ0) is 15.4. The maximum Gasteiger partial charge on any atom is 0.257 e. The standard InChI is InChI=1S/C15H9BrF2N2O/c16-11-5-12(17)14(13(18)6-11)15(21)20-8-10-3-1-9(7-19)2-4-10/h1-6H,8H2,(H,20,21). The van der Waals surface area contributed by atoms with Gasteiger partial charge in [0.2, 0.25) is 0 Å². The van der Waals surface area contributed by atoms with Crippen molar-refractivity contribution in [1.82, 2.24) is 5.32 Å². The number of amides is 1. The Labute approximate surface area is 128 Å². The lowest BCUT2D eigenvalue weighted by atomic mass is 10.1. The van der Waals surface area contributed by atoms with Crippen molar-refractivity contribution in [2.75, 3.05) is 0 Å². The molecule has 2 aromatic rings. The normalized spacial score (nSPS) is 10.0. The molecule has 1 amide bonds. The van der Waals surface area contributed by atoms with Gasteiger partial charge in [-0.1, -0.05) is 28.1 Å². The molecule has 0 unspecified atom stereocenters. The number of nitrogens with one attached hydrogen (secondary N) is 1. The predicted molar refractivity (Wildman–Crippen MR) is 76.4 cm³/mol. The van der Waals surface area contributed by atoms with Gasteiger partial charge in [-0.3, -0.25) is 4.79 Å². The zero-order valence-electron chi connectivity index (χ0n) is 10.7. The lowest BCUT2D eigenvalue weighted by Gasteiger charge is -2.08. The molecule has 0 aliphatic rings. The van der Waals surface area contributed by atoms with Gasteiger partial charge in [-0.2, -0.15) is 5.26 Å². The molecule has 0 atom stereocenters. The molecule has 0 spiro atoms. The highest BCUT2D eigenvalue weighted by molar-refractivity contribution is 9.10. The Morgan fingerprint density at radius 2 is 1.76 bits per heavy atom. The van der Waals surface area contributed by atoms with E-state index in [0.717, 1.165) is 17.7 Å². The summed E-state index contributed by atoms with van der Waals surface area (Å²) in [7, 11) is 0. The molecule has 2 rings (SSSR count). The first-order valence-electron chi connectivity index (χ1n) is 5.93. The summed E-state index contributed by atoms with van der Waals surface area (Å²) in [5, 5.41) is 11.1. The molecule has 0 heterocycles. The van der Waals surface area contributed by atoms with E-state index in [-0.39, 0.29) is 11.0 Å². The summed E-state index contributed by atoms with van der Waals surface area (Å²) in [4.78, 5) is 11.8. The molecule has 0 radical (unpaired) electrons. The highest BCUT2D eigenvalue weighted by Gasteiger charge is 2.18. The molecule has 0 aliphatic carbocycles. The third-order valence-corrected chi connectivity index (χ3v) is 3.23. The van der Waals surface area contributed by atoms with Crippen molar-refractivity contribution in [3.05, 3.63) is 69.2 Å². The van der Waals surface area contributed by atoms with Crippen LogP contribution >= 0.6 is 15.9 Å². The predicted octanol–water partition coefficient (Wildman–Crippen LogP) is 3.53. The second kappa shape index (κ2) is 6.46. The first kappa shape index (κ1) is 15.1. The fraction of sp³-hybridized carbons (Fsp3) is 0.0667. The van der Waals surface area contributed by atoms with E-state index in [1.165, 1.54) is 0 Å². The fourth-order valence-corrected chi connectivity index (χ4v) is 2.13. The highest BCUT2D eigenvalue weighted by Crippen LogP contribution is 2.19. The summed E-state index contributed by atoms with van der Waals surface area (Å²) >= 11 is 2.95. The minimum atomic E-state index is -0.931. The quantitative estimate of drug-likeness (QED) is 0.920.